The van der Waals surface area contributed by atoms with Crippen LogP contribution in [0.4, 0.5) is 17.1 Å². The summed E-state index contributed by atoms with van der Waals surface area (Å²) in [7, 11) is 0. The molecule has 3 heteroatoms. The lowest BCUT2D eigenvalue weighted by molar-refractivity contribution is 0.669. The first-order valence-corrected chi connectivity index (χ1v) is 15.3. The van der Waals surface area contributed by atoms with Gasteiger partial charge in [0, 0.05) is 48.0 Å². The molecule has 0 spiro atoms. The van der Waals surface area contributed by atoms with Crippen molar-refractivity contribution in [3.05, 3.63) is 152 Å². The van der Waals surface area contributed by atoms with Crippen LogP contribution in [0.5, 0.6) is 0 Å². The molecule has 7 aromatic carbocycles. The second-order valence-corrected chi connectivity index (χ2v) is 12.0. The predicted octanol–water partition coefficient (Wildman–Crippen LogP) is 12.2. The number of thiophene rings is 1. The highest BCUT2D eigenvalue weighted by Crippen LogP contribution is 2.42. The van der Waals surface area contributed by atoms with Crippen molar-refractivity contribution in [2.75, 3.05) is 4.90 Å². The van der Waals surface area contributed by atoms with Crippen LogP contribution in [0.1, 0.15) is 0 Å². The number of fused-ring (bicyclic) bond motifs is 7. The molecular weight excluding hydrogens is 543 g/mol. The summed E-state index contributed by atoms with van der Waals surface area (Å²) < 4.78 is 8.82. The van der Waals surface area contributed by atoms with Crippen LogP contribution >= 0.6 is 11.3 Å². The quantitative estimate of drug-likeness (QED) is 0.210. The molecule has 2 heterocycles. The molecule has 43 heavy (non-hydrogen) atoms. The van der Waals surface area contributed by atoms with Gasteiger partial charge in [-0.25, -0.2) is 0 Å². The molecule has 202 valence electrons. The Morgan fingerprint density at radius 3 is 2.05 bits per heavy atom. The van der Waals surface area contributed by atoms with E-state index < -0.39 is 0 Å². The zero-order valence-electron chi connectivity index (χ0n) is 23.2. The molecule has 0 aliphatic heterocycles. The van der Waals surface area contributed by atoms with Crippen LogP contribution in [0, 0.1) is 0 Å². The van der Waals surface area contributed by atoms with E-state index in [9.17, 15) is 0 Å². The van der Waals surface area contributed by atoms with Crippen molar-refractivity contribution in [3.63, 3.8) is 0 Å². The number of furan rings is 1. The van der Waals surface area contributed by atoms with Crippen molar-refractivity contribution in [2.24, 2.45) is 0 Å². The van der Waals surface area contributed by atoms with Gasteiger partial charge in [0.1, 0.15) is 11.2 Å². The Morgan fingerprint density at radius 1 is 0.442 bits per heavy atom. The Morgan fingerprint density at radius 2 is 1.16 bits per heavy atom. The van der Waals surface area contributed by atoms with E-state index >= 15 is 0 Å². The first-order valence-electron chi connectivity index (χ1n) is 14.5. The van der Waals surface area contributed by atoms with E-state index in [0.29, 0.717) is 0 Å². The highest BCUT2D eigenvalue weighted by Gasteiger charge is 2.16. The van der Waals surface area contributed by atoms with Gasteiger partial charge in [-0.3, -0.25) is 0 Å². The van der Waals surface area contributed by atoms with E-state index in [1.54, 1.807) is 0 Å². The zero-order chi connectivity index (χ0) is 28.3. The third kappa shape index (κ3) is 3.93. The van der Waals surface area contributed by atoms with E-state index in [1.165, 1.54) is 36.7 Å². The lowest BCUT2D eigenvalue weighted by Crippen LogP contribution is -2.09. The molecule has 9 rings (SSSR count). The van der Waals surface area contributed by atoms with Gasteiger partial charge in [-0.05, 0) is 82.6 Å². The highest BCUT2D eigenvalue weighted by atomic mass is 32.1. The minimum absolute atomic E-state index is 0.922. The number of hydrogen-bond acceptors (Lipinski definition) is 3. The predicted molar refractivity (Wildman–Crippen MR) is 184 cm³/mol. The van der Waals surface area contributed by atoms with Crippen LogP contribution < -0.4 is 4.90 Å². The van der Waals surface area contributed by atoms with Crippen LogP contribution in [0.3, 0.4) is 0 Å². The van der Waals surface area contributed by atoms with Crippen molar-refractivity contribution >= 4 is 81.3 Å². The maximum atomic E-state index is 6.16. The number of rotatable bonds is 4. The molecule has 0 bridgehead atoms. The molecule has 0 N–H and O–H groups in total. The minimum atomic E-state index is 0.922. The number of para-hydroxylation sites is 2. The van der Waals surface area contributed by atoms with Crippen LogP contribution in [0.2, 0.25) is 0 Å². The van der Waals surface area contributed by atoms with E-state index in [2.05, 4.69) is 144 Å². The Kier molecular flexibility index (Phi) is 5.40. The summed E-state index contributed by atoms with van der Waals surface area (Å²) in [5, 5.41) is 7.29. The SMILES string of the molecule is c1ccc(N(c2ccc(-c3cccc4c3sc3ccccc34)cc2)c2ccc3cc4oc5ccccc5c4cc3c2)cc1. The molecule has 2 aromatic heterocycles. The van der Waals surface area contributed by atoms with E-state index in [0.717, 1.165) is 44.4 Å². The van der Waals surface area contributed by atoms with Gasteiger partial charge in [-0.1, -0.05) is 91.0 Å². The molecule has 2 nitrogen and oxygen atoms in total. The first-order chi connectivity index (χ1) is 21.3. The third-order valence-corrected chi connectivity index (χ3v) is 9.65. The lowest BCUT2D eigenvalue weighted by Gasteiger charge is -2.26. The summed E-state index contributed by atoms with van der Waals surface area (Å²) in [5.74, 6) is 0. The fraction of sp³-hybridized carbons (Fsp3) is 0. The monoisotopic (exact) mass is 567 g/mol. The molecular formula is C40H25NOS. The summed E-state index contributed by atoms with van der Waals surface area (Å²) >= 11 is 1.87. The van der Waals surface area contributed by atoms with Gasteiger partial charge in [0.2, 0.25) is 0 Å². The van der Waals surface area contributed by atoms with E-state index in [-0.39, 0.29) is 0 Å². The molecule has 0 saturated heterocycles. The zero-order valence-corrected chi connectivity index (χ0v) is 24.0. The number of hydrogen-bond donors (Lipinski definition) is 0. The number of nitrogens with zero attached hydrogens (tertiary/aromatic N) is 1. The normalized spacial score (nSPS) is 11.7. The van der Waals surface area contributed by atoms with Crippen LogP contribution in [-0.2, 0) is 0 Å². The van der Waals surface area contributed by atoms with Gasteiger partial charge in [-0.2, -0.15) is 0 Å². The fourth-order valence-electron chi connectivity index (χ4n) is 6.38. The van der Waals surface area contributed by atoms with E-state index in [1.807, 2.05) is 23.5 Å². The molecule has 0 radical (unpaired) electrons. The second kappa shape index (κ2) is 9.59. The van der Waals surface area contributed by atoms with Crippen molar-refractivity contribution in [1.29, 1.82) is 0 Å². The maximum absolute atomic E-state index is 6.16. The molecule has 0 aliphatic rings. The van der Waals surface area contributed by atoms with Crippen molar-refractivity contribution < 1.29 is 4.42 Å². The van der Waals surface area contributed by atoms with Gasteiger partial charge in [0.25, 0.3) is 0 Å². The second-order valence-electron chi connectivity index (χ2n) is 11.0. The molecule has 9 aromatic rings. The van der Waals surface area contributed by atoms with Crippen LogP contribution in [0.25, 0.3) is 64.0 Å². The smallest absolute Gasteiger partial charge is 0.136 e. The third-order valence-electron chi connectivity index (χ3n) is 8.43. The van der Waals surface area contributed by atoms with Crippen LogP contribution in [0.15, 0.2) is 156 Å². The lowest BCUT2D eigenvalue weighted by atomic mass is 10.0. The van der Waals surface area contributed by atoms with Gasteiger partial charge in [0.05, 0.1) is 0 Å². The largest absolute Gasteiger partial charge is 0.456 e. The standard InChI is InChI=1S/C40H25NOS/c1-2-9-29(10-3-1)41(31-22-19-27-25-38-36(24-28(27)23-31)33-11-4-6-15-37(33)42-38)30-20-17-26(18-21-30)32-13-8-14-35-34-12-5-7-16-39(34)43-40(32)35/h1-25H. The fourth-order valence-corrected chi connectivity index (χ4v) is 7.62. The summed E-state index contributed by atoms with van der Waals surface area (Å²) in [4.78, 5) is 2.33. The van der Waals surface area contributed by atoms with Gasteiger partial charge >= 0.3 is 0 Å². The summed E-state index contributed by atoms with van der Waals surface area (Å²) in [6.45, 7) is 0. The summed E-state index contributed by atoms with van der Waals surface area (Å²) in [6.07, 6.45) is 0. The molecule has 0 unspecified atom stereocenters. The Bertz CT molecular complexity index is 2450. The number of anilines is 3. The molecule has 0 aliphatic carbocycles. The van der Waals surface area contributed by atoms with Crippen molar-refractivity contribution in [2.45, 2.75) is 0 Å². The number of benzene rings is 7. The summed E-state index contributed by atoms with van der Waals surface area (Å²) in [5.41, 5.74) is 7.70. The molecule has 0 fully saturated rings. The van der Waals surface area contributed by atoms with Crippen LogP contribution in [-0.4, -0.2) is 0 Å². The topological polar surface area (TPSA) is 16.4 Å². The average molecular weight is 568 g/mol. The minimum Gasteiger partial charge on any atom is -0.456 e. The highest BCUT2D eigenvalue weighted by molar-refractivity contribution is 7.26. The Hall–Kier alpha value is -5.38. The molecule has 0 amide bonds. The van der Waals surface area contributed by atoms with Crippen molar-refractivity contribution in [1.82, 2.24) is 0 Å². The van der Waals surface area contributed by atoms with Gasteiger partial charge in [-0.15, -0.1) is 11.3 Å². The van der Waals surface area contributed by atoms with E-state index in [4.69, 9.17) is 4.42 Å². The maximum Gasteiger partial charge on any atom is 0.136 e. The molecule has 0 atom stereocenters. The van der Waals surface area contributed by atoms with Gasteiger partial charge < -0.3 is 9.32 Å². The Balaban J connectivity index is 1.17. The first kappa shape index (κ1) is 24.2. The molecule has 0 saturated carbocycles. The summed E-state index contributed by atoms with van der Waals surface area (Å²) in [6, 6.07) is 54.3. The average Bonchev–Trinajstić information content (AvgIpc) is 3.63. The van der Waals surface area contributed by atoms with Gasteiger partial charge in [0.15, 0.2) is 0 Å². The Labute approximate surface area is 252 Å². The van der Waals surface area contributed by atoms with Crippen molar-refractivity contribution in [3.8, 4) is 11.1 Å².